The van der Waals surface area contributed by atoms with Gasteiger partial charge in [0, 0.05) is 19.0 Å². The molecule has 1 aromatic rings. The molecule has 2 nitrogen and oxygen atoms in total. The minimum atomic E-state index is -0.0440. The Morgan fingerprint density at radius 3 is 2.26 bits per heavy atom. The summed E-state index contributed by atoms with van der Waals surface area (Å²) in [5, 5.41) is 2.13. The molecular weight excluding hydrogens is 282 g/mol. The molecule has 1 aliphatic carbocycles. The molecule has 0 bridgehead atoms. The van der Waals surface area contributed by atoms with Crippen LogP contribution in [0.2, 0.25) is 0 Å². The van der Waals surface area contributed by atoms with Gasteiger partial charge in [-0.2, -0.15) is 5.06 Å². The number of rotatable bonds is 1. The van der Waals surface area contributed by atoms with Crippen LogP contribution in [0, 0.1) is 11.8 Å². The average Bonchev–Trinajstić information content (AvgIpc) is 2.68. The largest absolute Gasteiger partial charge is 0.293 e. The van der Waals surface area contributed by atoms with E-state index in [9.17, 15) is 0 Å². The van der Waals surface area contributed by atoms with Gasteiger partial charge >= 0.3 is 0 Å². The van der Waals surface area contributed by atoms with Crippen LogP contribution in [0.5, 0.6) is 0 Å². The molecule has 2 fully saturated rings. The maximum atomic E-state index is 6.15. The lowest BCUT2D eigenvalue weighted by Crippen LogP contribution is -2.42. The fourth-order valence-corrected chi connectivity index (χ4v) is 4.86. The van der Waals surface area contributed by atoms with Crippen LogP contribution in [0.25, 0.3) is 0 Å². The van der Waals surface area contributed by atoms with Crippen LogP contribution in [0.3, 0.4) is 0 Å². The quantitative estimate of drug-likeness (QED) is 0.711. The van der Waals surface area contributed by atoms with E-state index >= 15 is 0 Å². The molecule has 0 N–H and O–H groups in total. The van der Waals surface area contributed by atoms with Gasteiger partial charge in [-0.05, 0) is 55.1 Å². The van der Waals surface area contributed by atoms with Crippen molar-refractivity contribution < 1.29 is 4.84 Å². The first-order chi connectivity index (χ1) is 10.6. The lowest BCUT2D eigenvalue weighted by molar-refractivity contribution is -0.182. The first-order valence-corrected chi connectivity index (χ1v) is 9.12. The van der Waals surface area contributed by atoms with E-state index in [1.807, 2.05) is 0 Å². The predicted octanol–water partition coefficient (Wildman–Crippen LogP) is 5.14. The van der Waals surface area contributed by atoms with E-state index in [0.717, 1.165) is 0 Å². The van der Waals surface area contributed by atoms with E-state index in [1.54, 1.807) is 0 Å². The van der Waals surface area contributed by atoms with Crippen LogP contribution in [-0.4, -0.2) is 23.8 Å². The summed E-state index contributed by atoms with van der Waals surface area (Å²) < 4.78 is 0. The average molecular weight is 316 g/mol. The van der Waals surface area contributed by atoms with Crippen LogP contribution < -0.4 is 0 Å². The Morgan fingerprint density at radius 1 is 1.09 bits per heavy atom. The number of nitrogens with zero attached hydrogens (tertiary/aromatic N) is 1. The molecule has 23 heavy (non-hydrogen) atoms. The Balaban J connectivity index is 1.82. The third-order valence-corrected chi connectivity index (χ3v) is 6.13. The summed E-state index contributed by atoms with van der Waals surface area (Å²) in [6.07, 6.45) is 2.50. The zero-order chi connectivity index (χ0) is 17.0. The minimum absolute atomic E-state index is 0.0440. The molecule has 1 saturated carbocycles. The SMILES string of the molecule is C[C@H]1C[C@@H](c2ccc(C(C)(C)C)cc2)C[C@@H]2[C@@H]1N(C)OC2(C)C. The molecule has 3 rings (SSSR count). The maximum absolute atomic E-state index is 6.15. The van der Waals surface area contributed by atoms with Gasteiger partial charge in [0.1, 0.15) is 0 Å². The van der Waals surface area contributed by atoms with E-state index in [1.165, 1.54) is 24.0 Å². The fraction of sp³-hybridized carbons (Fsp3) is 0.714. The molecule has 1 aromatic carbocycles. The van der Waals surface area contributed by atoms with Crippen molar-refractivity contribution in [3.8, 4) is 0 Å². The summed E-state index contributed by atoms with van der Waals surface area (Å²) in [5.41, 5.74) is 3.12. The molecular formula is C21H33NO. The van der Waals surface area contributed by atoms with Crippen molar-refractivity contribution in [1.29, 1.82) is 0 Å². The van der Waals surface area contributed by atoms with Crippen molar-refractivity contribution >= 4 is 0 Å². The molecule has 0 aromatic heterocycles. The highest BCUT2D eigenvalue weighted by molar-refractivity contribution is 5.30. The molecule has 2 aliphatic rings. The Hall–Kier alpha value is -0.860. The standard InChI is InChI=1S/C21H33NO/c1-14-12-16(13-18-19(14)22(7)23-21(18,5)6)15-8-10-17(11-9-15)20(2,3)4/h8-11,14,16,18-19H,12-13H2,1-7H3/t14-,16+,18+,19+/m0/s1. The summed E-state index contributed by atoms with van der Waals surface area (Å²) in [7, 11) is 2.11. The highest BCUT2D eigenvalue weighted by Crippen LogP contribution is 2.50. The normalized spacial score (nSPS) is 34.4. The summed E-state index contributed by atoms with van der Waals surface area (Å²) in [6, 6.07) is 9.95. The van der Waals surface area contributed by atoms with Gasteiger partial charge in [0.2, 0.25) is 0 Å². The van der Waals surface area contributed by atoms with Gasteiger partial charge in [-0.3, -0.25) is 4.84 Å². The van der Waals surface area contributed by atoms with Gasteiger partial charge in [0.15, 0.2) is 0 Å². The third-order valence-electron chi connectivity index (χ3n) is 6.13. The van der Waals surface area contributed by atoms with Gasteiger partial charge in [-0.15, -0.1) is 0 Å². The maximum Gasteiger partial charge on any atom is 0.0887 e. The smallest absolute Gasteiger partial charge is 0.0887 e. The van der Waals surface area contributed by atoms with E-state index in [-0.39, 0.29) is 11.0 Å². The molecule has 1 saturated heterocycles. The number of hydroxylamine groups is 2. The highest BCUT2D eigenvalue weighted by Gasteiger charge is 2.52. The fourth-order valence-electron chi connectivity index (χ4n) is 4.86. The summed E-state index contributed by atoms with van der Waals surface area (Å²) in [6.45, 7) is 13.8. The van der Waals surface area contributed by atoms with Crippen LogP contribution in [-0.2, 0) is 10.3 Å². The van der Waals surface area contributed by atoms with Crippen LogP contribution in [0.15, 0.2) is 24.3 Å². The van der Waals surface area contributed by atoms with Crippen LogP contribution in [0.1, 0.15) is 71.4 Å². The lowest BCUT2D eigenvalue weighted by atomic mass is 9.66. The van der Waals surface area contributed by atoms with Crippen molar-refractivity contribution in [3.63, 3.8) is 0 Å². The van der Waals surface area contributed by atoms with Crippen LogP contribution in [0.4, 0.5) is 0 Å². The highest BCUT2D eigenvalue weighted by atomic mass is 16.7. The van der Waals surface area contributed by atoms with Crippen molar-refractivity contribution in [1.82, 2.24) is 5.06 Å². The predicted molar refractivity (Wildman–Crippen MR) is 96.5 cm³/mol. The van der Waals surface area contributed by atoms with Crippen molar-refractivity contribution in [2.75, 3.05) is 7.05 Å². The zero-order valence-electron chi connectivity index (χ0n) is 15.9. The van der Waals surface area contributed by atoms with Crippen molar-refractivity contribution in [2.45, 2.75) is 77.4 Å². The number of hydrogen-bond donors (Lipinski definition) is 0. The van der Waals surface area contributed by atoms with E-state index < -0.39 is 0 Å². The second-order valence-corrected chi connectivity index (χ2v) is 9.36. The lowest BCUT2D eigenvalue weighted by Gasteiger charge is -2.40. The molecule has 0 radical (unpaired) electrons. The number of benzene rings is 1. The Morgan fingerprint density at radius 2 is 1.70 bits per heavy atom. The molecule has 4 atom stereocenters. The van der Waals surface area contributed by atoms with E-state index in [4.69, 9.17) is 4.84 Å². The molecule has 1 aliphatic heterocycles. The minimum Gasteiger partial charge on any atom is -0.293 e. The monoisotopic (exact) mass is 315 g/mol. The van der Waals surface area contributed by atoms with Gasteiger partial charge in [0.05, 0.1) is 5.60 Å². The van der Waals surface area contributed by atoms with Gasteiger partial charge in [-0.25, -0.2) is 0 Å². The van der Waals surface area contributed by atoms with Gasteiger partial charge in [-0.1, -0.05) is 52.0 Å². The summed E-state index contributed by atoms with van der Waals surface area (Å²) >= 11 is 0. The Bertz CT molecular complexity index is 554. The molecule has 0 amide bonds. The number of fused-ring (bicyclic) bond motifs is 1. The first kappa shape index (κ1) is 17.0. The Kier molecular flexibility index (Phi) is 4.13. The molecule has 128 valence electrons. The number of hydrogen-bond acceptors (Lipinski definition) is 2. The van der Waals surface area contributed by atoms with Crippen molar-refractivity contribution in [3.05, 3.63) is 35.4 Å². The summed E-state index contributed by atoms with van der Waals surface area (Å²) in [5.74, 6) is 1.95. The van der Waals surface area contributed by atoms with E-state index in [0.29, 0.717) is 23.8 Å². The topological polar surface area (TPSA) is 12.5 Å². The second-order valence-electron chi connectivity index (χ2n) is 9.36. The summed E-state index contributed by atoms with van der Waals surface area (Å²) in [4.78, 5) is 6.15. The first-order valence-electron chi connectivity index (χ1n) is 9.12. The van der Waals surface area contributed by atoms with Gasteiger partial charge in [0.25, 0.3) is 0 Å². The Labute approximate surface area is 142 Å². The molecule has 2 heteroatoms. The van der Waals surface area contributed by atoms with Crippen molar-refractivity contribution in [2.24, 2.45) is 11.8 Å². The molecule has 0 spiro atoms. The van der Waals surface area contributed by atoms with Crippen LogP contribution >= 0.6 is 0 Å². The second kappa shape index (κ2) is 5.60. The van der Waals surface area contributed by atoms with E-state index in [2.05, 4.69) is 77.9 Å². The molecule has 1 heterocycles. The third kappa shape index (κ3) is 3.08. The zero-order valence-corrected chi connectivity index (χ0v) is 15.9. The van der Waals surface area contributed by atoms with Gasteiger partial charge < -0.3 is 0 Å². The molecule has 0 unspecified atom stereocenters.